The van der Waals surface area contributed by atoms with Crippen molar-refractivity contribution >= 4 is 35.1 Å². The highest BCUT2D eigenvalue weighted by molar-refractivity contribution is 7.95. The van der Waals surface area contributed by atoms with Crippen molar-refractivity contribution < 1.29 is 14.3 Å². The molecule has 5 heteroatoms. The summed E-state index contributed by atoms with van der Waals surface area (Å²) in [6, 6.07) is 38.8. The molecule has 36 heavy (non-hydrogen) atoms. The maximum atomic E-state index is 13.4. The van der Waals surface area contributed by atoms with Gasteiger partial charge in [-0.3, -0.25) is 4.79 Å². The van der Waals surface area contributed by atoms with Crippen LogP contribution >= 0.6 is 7.26 Å². The minimum atomic E-state index is -2.38. The van der Waals surface area contributed by atoms with Gasteiger partial charge in [0.1, 0.15) is 35.9 Å². The van der Waals surface area contributed by atoms with Crippen LogP contribution in [0.3, 0.4) is 0 Å². The second-order valence-corrected chi connectivity index (χ2v) is 11.8. The van der Waals surface area contributed by atoms with Crippen LogP contribution in [0.25, 0.3) is 0 Å². The average molecular weight is 495 g/mol. The Morgan fingerprint density at radius 2 is 1.14 bits per heavy atom. The van der Waals surface area contributed by atoms with Crippen LogP contribution in [0, 0.1) is 0 Å². The fourth-order valence-corrected chi connectivity index (χ4v) is 8.69. The third-order valence-corrected chi connectivity index (χ3v) is 10.5. The smallest absolute Gasteiger partial charge is 0.332 e. The van der Waals surface area contributed by atoms with Crippen LogP contribution < -0.4 is 21.2 Å². The number of ether oxygens (including phenoxy) is 1. The van der Waals surface area contributed by atoms with E-state index >= 15 is 0 Å². The summed E-state index contributed by atoms with van der Waals surface area (Å²) in [7, 11) is -2.38. The van der Waals surface area contributed by atoms with Crippen LogP contribution in [-0.4, -0.2) is 30.7 Å². The molecule has 0 fully saturated rings. The molecule has 4 aromatic rings. The Morgan fingerprint density at radius 1 is 0.722 bits per heavy atom. The Bertz CT molecular complexity index is 1180. The summed E-state index contributed by atoms with van der Waals surface area (Å²) in [5, 5.41) is 6.36. The molecule has 0 aliphatic rings. The quantitative estimate of drug-likeness (QED) is 0.201. The van der Waals surface area contributed by atoms with Gasteiger partial charge in [-0.2, -0.15) is 0 Å². The molecule has 1 unspecified atom stereocenters. The minimum Gasteiger partial charge on any atom is -0.460 e. The number of benzene rings is 4. The predicted molar refractivity (Wildman–Crippen MR) is 149 cm³/mol. The lowest BCUT2D eigenvalue weighted by molar-refractivity contribution is -0.144. The molecule has 4 aromatic carbocycles. The van der Waals surface area contributed by atoms with Gasteiger partial charge in [-0.1, -0.05) is 85.5 Å². The number of carbonyl (C=O) groups is 2. The van der Waals surface area contributed by atoms with Crippen LogP contribution in [0.4, 0.5) is 0 Å². The van der Waals surface area contributed by atoms with Crippen LogP contribution in [-0.2, 0) is 9.53 Å². The van der Waals surface area contributed by atoms with Crippen molar-refractivity contribution in [1.82, 2.24) is 5.32 Å². The molecule has 180 valence electrons. The van der Waals surface area contributed by atoms with Crippen molar-refractivity contribution in [1.29, 1.82) is 0 Å². The van der Waals surface area contributed by atoms with Gasteiger partial charge in [0.15, 0.2) is 6.04 Å². The van der Waals surface area contributed by atoms with Crippen molar-refractivity contribution in [3.63, 3.8) is 0 Å². The average Bonchev–Trinajstić information content (AvgIpc) is 2.95. The largest absolute Gasteiger partial charge is 0.460 e. The normalized spacial score (nSPS) is 11.8. The minimum absolute atomic E-state index is 0.0734. The van der Waals surface area contributed by atoms with Gasteiger partial charge in [-0.05, 0) is 48.5 Å². The van der Waals surface area contributed by atoms with E-state index in [1.54, 1.807) is 24.3 Å². The van der Waals surface area contributed by atoms with Gasteiger partial charge >= 0.3 is 5.97 Å². The SMILES string of the molecule is C=CCOC(=O)C(C[P+](c1ccccc1)(c1ccccc1)c1ccccc1)NC(=O)c1ccccc1. The molecule has 0 saturated heterocycles. The van der Waals surface area contributed by atoms with Gasteiger partial charge in [0.05, 0.1) is 0 Å². The van der Waals surface area contributed by atoms with E-state index in [4.69, 9.17) is 4.74 Å². The zero-order valence-electron chi connectivity index (χ0n) is 20.0. The summed E-state index contributed by atoms with van der Waals surface area (Å²) in [6.07, 6.45) is 1.90. The van der Waals surface area contributed by atoms with Gasteiger partial charge in [-0.15, -0.1) is 0 Å². The molecule has 0 bridgehead atoms. The first-order valence-electron chi connectivity index (χ1n) is 11.8. The maximum Gasteiger partial charge on any atom is 0.332 e. The standard InChI is InChI=1S/C31H28NO3P/c1-2-23-35-31(34)29(32-30(33)25-15-7-3-8-16-25)24-36(26-17-9-4-10-18-26,27-19-11-5-12-20-27)28-21-13-6-14-22-28/h2-22,29H,1,23-24H2/p+1. The Morgan fingerprint density at radius 3 is 1.56 bits per heavy atom. The zero-order chi connectivity index (χ0) is 25.2. The van der Waals surface area contributed by atoms with Crippen LogP contribution in [0.2, 0.25) is 0 Å². The number of rotatable bonds is 10. The summed E-state index contributed by atoms with van der Waals surface area (Å²) in [5.41, 5.74) is 0.488. The van der Waals surface area contributed by atoms with Crippen molar-refractivity contribution in [3.8, 4) is 0 Å². The van der Waals surface area contributed by atoms with Gasteiger partial charge in [-0.25, -0.2) is 4.79 Å². The first kappa shape index (κ1) is 25.1. The molecule has 0 aliphatic carbocycles. The van der Waals surface area contributed by atoms with E-state index in [9.17, 15) is 9.59 Å². The monoisotopic (exact) mass is 494 g/mol. The highest BCUT2D eigenvalue weighted by Crippen LogP contribution is 2.55. The van der Waals surface area contributed by atoms with Gasteiger partial charge < -0.3 is 10.1 Å². The number of hydrogen-bond donors (Lipinski definition) is 1. The fourth-order valence-electron chi connectivity index (χ4n) is 4.34. The highest BCUT2D eigenvalue weighted by Gasteiger charge is 2.49. The van der Waals surface area contributed by atoms with Crippen LogP contribution in [0.15, 0.2) is 134 Å². The zero-order valence-corrected chi connectivity index (χ0v) is 20.9. The predicted octanol–water partition coefficient (Wildman–Crippen LogP) is 4.51. The lowest BCUT2D eigenvalue weighted by Crippen LogP contribution is -2.48. The molecule has 0 heterocycles. The Kier molecular flexibility index (Phi) is 8.44. The lowest BCUT2D eigenvalue weighted by atomic mass is 10.2. The van der Waals surface area contributed by atoms with E-state index in [0.29, 0.717) is 11.7 Å². The fraction of sp³-hybridized carbons (Fsp3) is 0.0968. The summed E-state index contributed by atoms with van der Waals surface area (Å²) < 4.78 is 5.49. The molecule has 0 radical (unpaired) electrons. The molecule has 1 amide bonds. The summed E-state index contributed by atoms with van der Waals surface area (Å²) in [6.45, 7) is 3.73. The number of esters is 1. The summed E-state index contributed by atoms with van der Waals surface area (Å²) in [4.78, 5) is 26.6. The Labute approximate surface area is 213 Å². The Balaban J connectivity index is 1.86. The van der Waals surface area contributed by atoms with E-state index in [1.165, 1.54) is 6.08 Å². The Hall–Kier alpha value is -4.01. The second kappa shape index (κ2) is 12.1. The molecule has 4 rings (SSSR count). The van der Waals surface area contributed by atoms with Gasteiger partial charge in [0.2, 0.25) is 0 Å². The van der Waals surface area contributed by atoms with Crippen molar-refractivity contribution in [2.24, 2.45) is 0 Å². The van der Waals surface area contributed by atoms with E-state index in [-0.39, 0.29) is 12.5 Å². The van der Waals surface area contributed by atoms with Crippen molar-refractivity contribution in [3.05, 3.63) is 140 Å². The maximum absolute atomic E-state index is 13.4. The number of carbonyl (C=O) groups excluding carboxylic acids is 2. The molecule has 1 N–H and O–H groups in total. The number of amides is 1. The third-order valence-electron chi connectivity index (χ3n) is 6.02. The molecule has 1 atom stereocenters. The number of nitrogens with one attached hydrogen (secondary N) is 1. The first-order valence-corrected chi connectivity index (χ1v) is 13.8. The molecular weight excluding hydrogens is 465 g/mol. The highest BCUT2D eigenvalue weighted by atomic mass is 31.2. The van der Waals surface area contributed by atoms with E-state index in [0.717, 1.165) is 15.9 Å². The molecule has 0 saturated carbocycles. The molecule has 4 nitrogen and oxygen atoms in total. The van der Waals surface area contributed by atoms with E-state index in [1.807, 2.05) is 60.7 Å². The molecule has 0 spiro atoms. The van der Waals surface area contributed by atoms with E-state index < -0.39 is 19.3 Å². The van der Waals surface area contributed by atoms with Crippen molar-refractivity contribution in [2.45, 2.75) is 6.04 Å². The summed E-state index contributed by atoms with van der Waals surface area (Å²) in [5.74, 6) is -0.796. The van der Waals surface area contributed by atoms with Gasteiger partial charge in [0, 0.05) is 5.56 Å². The van der Waals surface area contributed by atoms with Crippen molar-refractivity contribution in [2.75, 3.05) is 12.8 Å². The molecule has 0 aliphatic heterocycles. The van der Waals surface area contributed by atoms with Crippen LogP contribution in [0.5, 0.6) is 0 Å². The number of hydrogen-bond acceptors (Lipinski definition) is 3. The summed E-state index contributed by atoms with van der Waals surface area (Å²) >= 11 is 0. The topological polar surface area (TPSA) is 55.4 Å². The molecule has 0 aromatic heterocycles. The first-order chi connectivity index (χ1) is 17.6. The third kappa shape index (κ3) is 5.62. The van der Waals surface area contributed by atoms with E-state index in [2.05, 4.69) is 48.3 Å². The second-order valence-electron chi connectivity index (χ2n) is 8.31. The van der Waals surface area contributed by atoms with Gasteiger partial charge in [0.25, 0.3) is 5.91 Å². The molecular formula is C31H29NO3P+. The lowest BCUT2D eigenvalue weighted by Gasteiger charge is -2.30. The van der Waals surface area contributed by atoms with Crippen LogP contribution in [0.1, 0.15) is 10.4 Å².